The molecule has 0 aromatic carbocycles. The normalized spacial score (nSPS) is 10.3. The minimum Gasteiger partial charge on any atom is -0.477 e. The third kappa shape index (κ3) is 2.75. The van der Waals surface area contributed by atoms with E-state index in [-0.39, 0.29) is 5.69 Å². The Bertz CT molecular complexity index is 582. The minimum atomic E-state index is -1.08. The van der Waals surface area contributed by atoms with Crippen molar-refractivity contribution in [2.45, 2.75) is 13.5 Å². The predicted octanol–water partition coefficient (Wildman–Crippen LogP) is 1.74. The van der Waals surface area contributed by atoms with Gasteiger partial charge in [0.15, 0.2) is 11.5 Å². The van der Waals surface area contributed by atoms with Gasteiger partial charge in [-0.05, 0) is 19.1 Å². The zero-order valence-electron chi connectivity index (χ0n) is 9.67. The van der Waals surface area contributed by atoms with Gasteiger partial charge in [-0.15, -0.1) is 11.3 Å². The van der Waals surface area contributed by atoms with Gasteiger partial charge in [0.05, 0.1) is 12.2 Å². The SMILES string of the molecule is Cc1cnc(CNc2nc(C(=O)O)ccc2N)s1. The molecule has 0 aliphatic rings. The lowest BCUT2D eigenvalue weighted by Gasteiger charge is -2.07. The first-order chi connectivity index (χ1) is 8.56. The number of thiazole rings is 1. The summed E-state index contributed by atoms with van der Waals surface area (Å²) in [4.78, 5) is 20.0. The number of carbonyl (C=O) groups is 1. The maximum absolute atomic E-state index is 10.8. The van der Waals surface area contributed by atoms with Crippen LogP contribution in [0.4, 0.5) is 11.5 Å². The molecule has 18 heavy (non-hydrogen) atoms. The van der Waals surface area contributed by atoms with Crippen LogP contribution in [0.15, 0.2) is 18.3 Å². The smallest absolute Gasteiger partial charge is 0.354 e. The Hall–Kier alpha value is -2.15. The average molecular weight is 264 g/mol. The second kappa shape index (κ2) is 5.01. The predicted molar refractivity (Wildman–Crippen MR) is 69.8 cm³/mol. The lowest BCUT2D eigenvalue weighted by atomic mass is 10.3. The van der Waals surface area contributed by atoms with Gasteiger partial charge in [0.25, 0.3) is 0 Å². The fraction of sp³-hybridized carbons (Fsp3) is 0.182. The molecule has 0 aliphatic heterocycles. The Balaban J connectivity index is 2.13. The van der Waals surface area contributed by atoms with Gasteiger partial charge in [0.1, 0.15) is 5.01 Å². The molecule has 94 valence electrons. The van der Waals surface area contributed by atoms with Crippen LogP contribution in [0.3, 0.4) is 0 Å². The van der Waals surface area contributed by atoms with E-state index < -0.39 is 5.97 Å². The topological polar surface area (TPSA) is 101 Å². The molecule has 2 aromatic heterocycles. The molecule has 2 heterocycles. The van der Waals surface area contributed by atoms with Gasteiger partial charge in [-0.1, -0.05) is 0 Å². The lowest BCUT2D eigenvalue weighted by molar-refractivity contribution is 0.0690. The number of nitrogen functional groups attached to an aromatic ring is 1. The molecule has 0 amide bonds. The van der Waals surface area contributed by atoms with Crippen LogP contribution in [-0.2, 0) is 6.54 Å². The third-order valence-corrected chi connectivity index (χ3v) is 3.13. The fourth-order valence-corrected chi connectivity index (χ4v) is 2.10. The second-order valence-corrected chi connectivity index (χ2v) is 4.98. The van der Waals surface area contributed by atoms with E-state index in [4.69, 9.17) is 10.8 Å². The van der Waals surface area contributed by atoms with Crippen molar-refractivity contribution in [1.82, 2.24) is 9.97 Å². The van der Waals surface area contributed by atoms with Crippen molar-refractivity contribution in [3.8, 4) is 0 Å². The van der Waals surface area contributed by atoms with Crippen molar-refractivity contribution in [3.05, 3.63) is 33.9 Å². The summed E-state index contributed by atoms with van der Waals surface area (Å²) in [5.41, 5.74) is 6.09. The number of nitrogens with two attached hydrogens (primary N) is 1. The molecular weight excluding hydrogens is 252 g/mol. The Kier molecular flexibility index (Phi) is 3.42. The Labute approximate surface area is 108 Å². The highest BCUT2D eigenvalue weighted by Crippen LogP contribution is 2.18. The zero-order chi connectivity index (χ0) is 13.1. The quantitative estimate of drug-likeness (QED) is 0.777. The van der Waals surface area contributed by atoms with E-state index in [9.17, 15) is 4.79 Å². The van der Waals surface area contributed by atoms with Gasteiger partial charge in [0, 0.05) is 11.1 Å². The number of carboxylic acid groups (broad SMARTS) is 1. The molecule has 7 heteroatoms. The van der Waals surface area contributed by atoms with Crippen molar-refractivity contribution in [2.75, 3.05) is 11.1 Å². The number of carboxylic acids is 1. The Morgan fingerprint density at radius 2 is 2.33 bits per heavy atom. The summed E-state index contributed by atoms with van der Waals surface area (Å²) in [6.45, 7) is 2.44. The third-order valence-electron chi connectivity index (χ3n) is 2.22. The molecule has 0 fully saturated rings. The number of aryl methyl sites for hydroxylation is 1. The van der Waals surface area contributed by atoms with Crippen LogP contribution in [0.25, 0.3) is 0 Å². The maximum Gasteiger partial charge on any atom is 0.354 e. The number of hydrogen-bond donors (Lipinski definition) is 3. The molecule has 2 aromatic rings. The van der Waals surface area contributed by atoms with Gasteiger partial charge in [-0.3, -0.25) is 0 Å². The average Bonchev–Trinajstić information content (AvgIpc) is 2.74. The van der Waals surface area contributed by atoms with Gasteiger partial charge < -0.3 is 16.2 Å². The van der Waals surface area contributed by atoms with Crippen LogP contribution in [0.1, 0.15) is 20.4 Å². The van der Waals surface area contributed by atoms with Gasteiger partial charge >= 0.3 is 5.97 Å². The number of hydrogen-bond acceptors (Lipinski definition) is 6. The number of anilines is 2. The first kappa shape index (κ1) is 12.3. The molecule has 0 aliphatic carbocycles. The first-order valence-corrected chi connectivity index (χ1v) is 6.03. The van der Waals surface area contributed by atoms with Crippen molar-refractivity contribution in [2.24, 2.45) is 0 Å². The molecule has 6 nitrogen and oxygen atoms in total. The molecular formula is C11H12N4O2S. The Morgan fingerprint density at radius 1 is 1.56 bits per heavy atom. The monoisotopic (exact) mass is 264 g/mol. The van der Waals surface area contributed by atoms with E-state index >= 15 is 0 Å². The number of nitrogens with zero attached hydrogens (tertiary/aromatic N) is 2. The maximum atomic E-state index is 10.8. The van der Waals surface area contributed by atoms with E-state index in [2.05, 4.69) is 15.3 Å². The summed E-state index contributed by atoms with van der Waals surface area (Å²) in [6.07, 6.45) is 1.78. The van der Waals surface area contributed by atoms with Gasteiger partial charge in [-0.25, -0.2) is 14.8 Å². The number of nitrogens with one attached hydrogen (secondary N) is 1. The number of rotatable bonds is 4. The van der Waals surface area contributed by atoms with Gasteiger partial charge in [-0.2, -0.15) is 0 Å². The van der Waals surface area contributed by atoms with Crippen LogP contribution in [-0.4, -0.2) is 21.0 Å². The summed E-state index contributed by atoms with van der Waals surface area (Å²) in [6, 6.07) is 2.89. The van der Waals surface area contributed by atoms with Crippen LogP contribution in [0.2, 0.25) is 0 Å². The first-order valence-electron chi connectivity index (χ1n) is 5.21. The molecule has 0 spiro atoms. The largest absolute Gasteiger partial charge is 0.477 e. The number of aromatic nitrogens is 2. The van der Waals surface area contributed by atoms with E-state index in [0.29, 0.717) is 18.1 Å². The highest BCUT2D eigenvalue weighted by molar-refractivity contribution is 7.11. The molecule has 0 unspecified atom stereocenters. The zero-order valence-corrected chi connectivity index (χ0v) is 10.5. The number of pyridine rings is 1. The standard InChI is InChI=1S/C11H12N4O2S/c1-6-4-13-9(18-6)5-14-10-7(12)2-3-8(15-10)11(16)17/h2-4H,5,12H2,1H3,(H,14,15)(H,16,17). The summed E-state index contributed by atoms with van der Waals surface area (Å²) < 4.78 is 0. The van der Waals surface area contributed by atoms with E-state index in [1.807, 2.05) is 6.92 Å². The van der Waals surface area contributed by atoms with Crippen molar-refractivity contribution >= 4 is 28.8 Å². The van der Waals surface area contributed by atoms with Crippen molar-refractivity contribution in [1.29, 1.82) is 0 Å². The molecule has 4 N–H and O–H groups in total. The van der Waals surface area contributed by atoms with Crippen molar-refractivity contribution < 1.29 is 9.90 Å². The van der Waals surface area contributed by atoms with Gasteiger partial charge in [0.2, 0.25) is 0 Å². The summed E-state index contributed by atoms with van der Waals surface area (Å²) in [7, 11) is 0. The van der Waals surface area contributed by atoms with E-state index in [1.54, 1.807) is 17.5 Å². The van der Waals surface area contributed by atoms with Crippen LogP contribution >= 0.6 is 11.3 Å². The molecule has 2 rings (SSSR count). The van der Waals surface area contributed by atoms with E-state index in [1.165, 1.54) is 12.1 Å². The second-order valence-electron chi connectivity index (χ2n) is 3.66. The molecule has 0 atom stereocenters. The molecule has 0 saturated carbocycles. The van der Waals surface area contributed by atoms with Crippen LogP contribution in [0, 0.1) is 6.92 Å². The van der Waals surface area contributed by atoms with Crippen LogP contribution < -0.4 is 11.1 Å². The molecule has 0 radical (unpaired) electrons. The highest BCUT2D eigenvalue weighted by Gasteiger charge is 2.09. The highest BCUT2D eigenvalue weighted by atomic mass is 32.1. The summed E-state index contributed by atoms with van der Waals surface area (Å²) >= 11 is 1.56. The summed E-state index contributed by atoms with van der Waals surface area (Å²) in [5.74, 6) is -0.717. The molecule has 0 saturated heterocycles. The van der Waals surface area contributed by atoms with Crippen molar-refractivity contribution in [3.63, 3.8) is 0 Å². The van der Waals surface area contributed by atoms with E-state index in [0.717, 1.165) is 9.88 Å². The summed E-state index contributed by atoms with van der Waals surface area (Å²) in [5, 5.41) is 12.7. The minimum absolute atomic E-state index is 0.0398. The number of aromatic carboxylic acids is 1. The lowest BCUT2D eigenvalue weighted by Crippen LogP contribution is -2.08. The Morgan fingerprint density at radius 3 is 2.94 bits per heavy atom. The van der Waals surface area contributed by atoms with Crippen LogP contribution in [0.5, 0.6) is 0 Å². The fourth-order valence-electron chi connectivity index (χ4n) is 1.37. The molecule has 0 bridgehead atoms.